The second kappa shape index (κ2) is 3.99. The highest BCUT2D eigenvalue weighted by Crippen LogP contribution is 2.28. The molecule has 13 heavy (non-hydrogen) atoms. The van der Waals surface area contributed by atoms with E-state index < -0.39 is 5.60 Å². The predicted molar refractivity (Wildman–Crippen MR) is 58.0 cm³/mol. The molecule has 0 spiro atoms. The van der Waals surface area contributed by atoms with Crippen LogP contribution >= 0.6 is 15.9 Å². The van der Waals surface area contributed by atoms with Gasteiger partial charge in [-0.25, -0.2) is 0 Å². The highest BCUT2D eigenvalue weighted by molar-refractivity contribution is 9.10. The van der Waals surface area contributed by atoms with Gasteiger partial charge in [0.1, 0.15) is 10.4 Å². The van der Waals surface area contributed by atoms with Crippen LogP contribution in [-0.2, 0) is 9.53 Å². The van der Waals surface area contributed by atoms with Crippen molar-refractivity contribution in [3.8, 4) is 0 Å². The minimum atomic E-state index is -0.408. The number of carbonyl (C=O) groups is 1. The van der Waals surface area contributed by atoms with Gasteiger partial charge < -0.3 is 4.74 Å². The molecule has 0 bridgehead atoms. The summed E-state index contributed by atoms with van der Waals surface area (Å²) >= 11 is 3.34. The zero-order valence-electron chi connectivity index (χ0n) is 9.27. The van der Waals surface area contributed by atoms with Gasteiger partial charge in [0.25, 0.3) is 0 Å². The number of esters is 1. The molecule has 3 heteroatoms. The SMILES string of the molecule is CC(C)(C)OC(=O)C(Br)C(C)(C)C. The molecule has 0 heterocycles. The molecule has 0 amide bonds. The molecule has 0 aliphatic carbocycles. The Balaban J connectivity index is 4.30. The first kappa shape index (κ1) is 12.9. The number of hydrogen-bond acceptors (Lipinski definition) is 2. The molecule has 0 saturated heterocycles. The van der Waals surface area contributed by atoms with Crippen LogP contribution in [0.5, 0.6) is 0 Å². The van der Waals surface area contributed by atoms with Crippen molar-refractivity contribution >= 4 is 21.9 Å². The predicted octanol–water partition coefficient (Wildman–Crippen LogP) is 3.14. The van der Waals surface area contributed by atoms with Crippen molar-refractivity contribution < 1.29 is 9.53 Å². The average molecular weight is 251 g/mol. The monoisotopic (exact) mass is 250 g/mol. The average Bonchev–Trinajstić information content (AvgIpc) is 1.79. The van der Waals surface area contributed by atoms with Crippen LogP contribution in [0.25, 0.3) is 0 Å². The Bertz CT molecular complexity index is 186. The summed E-state index contributed by atoms with van der Waals surface area (Å²) in [4.78, 5) is 11.3. The van der Waals surface area contributed by atoms with Crippen LogP contribution in [0.4, 0.5) is 0 Å². The third kappa shape index (κ3) is 5.29. The first-order chi connectivity index (χ1) is 5.54. The van der Waals surface area contributed by atoms with Crippen molar-refractivity contribution in [2.24, 2.45) is 5.41 Å². The van der Waals surface area contributed by atoms with E-state index in [2.05, 4.69) is 15.9 Å². The number of hydrogen-bond donors (Lipinski definition) is 0. The molecule has 1 unspecified atom stereocenters. The van der Waals surface area contributed by atoms with Crippen LogP contribution in [0.3, 0.4) is 0 Å². The molecule has 0 aromatic carbocycles. The van der Waals surface area contributed by atoms with Gasteiger partial charge in [-0.15, -0.1) is 0 Å². The normalized spacial score (nSPS) is 15.3. The van der Waals surface area contributed by atoms with Crippen molar-refractivity contribution in [3.05, 3.63) is 0 Å². The van der Waals surface area contributed by atoms with Crippen molar-refractivity contribution in [1.82, 2.24) is 0 Å². The fourth-order valence-electron chi connectivity index (χ4n) is 0.707. The van der Waals surface area contributed by atoms with Gasteiger partial charge in [-0.2, -0.15) is 0 Å². The van der Waals surface area contributed by atoms with Crippen LogP contribution < -0.4 is 0 Å². The number of ether oxygens (including phenoxy) is 1. The minimum Gasteiger partial charge on any atom is -0.459 e. The quantitative estimate of drug-likeness (QED) is 0.528. The molecule has 0 saturated carbocycles. The maximum atomic E-state index is 11.5. The second-order valence-electron chi connectivity index (χ2n) is 5.26. The lowest BCUT2D eigenvalue weighted by Gasteiger charge is -2.27. The van der Waals surface area contributed by atoms with Gasteiger partial charge in [0, 0.05) is 0 Å². The number of alkyl halides is 1. The van der Waals surface area contributed by atoms with Gasteiger partial charge in [-0.1, -0.05) is 36.7 Å². The summed E-state index contributed by atoms with van der Waals surface area (Å²) in [6.07, 6.45) is 0. The van der Waals surface area contributed by atoms with E-state index in [4.69, 9.17) is 4.74 Å². The van der Waals surface area contributed by atoms with Gasteiger partial charge in [-0.3, -0.25) is 4.79 Å². The van der Waals surface area contributed by atoms with E-state index in [1.165, 1.54) is 0 Å². The first-order valence-corrected chi connectivity index (χ1v) is 5.32. The zero-order chi connectivity index (χ0) is 10.9. The van der Waals surface area contributed by atoms with E-state index in [1.54, 1.807) is 0 Å². The lowest BCUT2D eigenvalue weighted by Crippen LogP contribution is -2.35. The molecule has 0 aromatic rings. The van der Waals surface area contributed by atoms with E-state index in [-0.39, 0.29) is 16.2 Å². The van der Waals surface area contributed by atoms with Crippen molar-refractivity contribution in [2.75, 3.05) is 0 Å². The fourth-order valence-corrected chi connectivity index (χ4v) is 0.801. The summed E-state index contributed by atoms with van der Waals surface area (Å²) in [5, 5.41) is 0. The summed E-state index contributed by atoms with van der Waals surface area (Å²) in [7, 11) is 0. The molecule has 0 fully saturated rings. The lowest BCUT2D eigenvalue weighted by atomic mass is 9.92. The molecule has 0 aliphatic heterocycles. The summed E-state index contributed by atoms with van der Waals surface area (Å²) in [6, 6.07) is 0. The van der Waals surface area contributed by atoms with Crippen molar-refractivity contribution in [3.63, 3.8) is 0 Å². The van der Waals surface area contributed by atoms with Gasteiger partial charge in [-0.05, 0) is 26.2 Å². The molecule has 0 aliphatic rings. The molecule has 0 radical (unpaired) electrons. The second-order valence-corrected chi connectivity index (χ2v) is 6.18. The number of halogens is 1. The Hall–Kier alpha value is -0.0500. The van der Waals surface area contributed by atoms with Gasteiger partial charge in [0.2, 0.25) is 0 Å². The lowest BCUT2D eigenvalue weighted by molar-refractivity contribution is -0.155. The van der Waals surface area contributed by atoms with E-state index in [9.17, 15) is 4.79 Å². The summed E-state index contributed by atoms with van der Waals surface area (Å²) in [6.45, 7) is 11.6. The van der Waals surface area contributed by atoms with Crippen molar-refractivity contribution in [1.29, 1.82) is 0 Å². The Labute approximate surface area is 89.2 Å². The Morgan fingerprint density at radius 1 is 1.15 bits per heavy atom. The largest absolute Gasteiger partial charge is 0.459 e. The first-order valence-electron chi connectivity index (χ1n) is 4.41. The molecule has 0 N–H and O–H groups in total. The fraction of sp³-hybridized carbons (Fsp3) is 0.900. The molecule has 0 rings (SSSR count). The zero-order valence-corrected chi connectivity index (χ0v) is 10.9. The van der Waals surface area contributed by atoms with Crippen molar-refractivity contribution in [2.45, 2.75) is 52.0 Å². The van der Waals surface area contributed by atoms with Gasteiger partial charge >= 0.3 is 5.97 Å². The van der Waals surface area contributed by atoms with Crippen LogP contribution in [0.15, 0.2) is 0 Å². The summed E-state index contributed by atoms with van der Waals surface area (Å²) in [5.74, 6) is -0.194. The Morgan fingerprint density at radius 2 is 1.54 bits per heavy atom. The van der Waals surface area contributed by atoms with Gasteiger partial charge in [0.05, 0.1) is 0 Å². The van der Waals surface area contributed by atoms with Crippen LogP contribution in [0, 0.1) is 5.41 Å². The Morgan fingerprint density at radius 3 is 1.77 bits per heavy atom. The van der Waals surface area contributed by atoms with E-state index >= 15 is 0 Å². The number of carbonyl (C=O) groups excluding carboxylic acids is 1. The smallest absolute Gasteiger partial charge is 0.320 e. The number of rotatable bonds is 1. The Kier molecular flexibility index (Phi) is 3.97. The minimum absolute atomic E-state index is 0.109. The molecule has 0 aromatic heterocycles. The van der Waals surface area contributed by atoms with E-state index in [1.807, 2.05) is 41.5 Å². The topological polar surface area (TPSA) is 26.3 Å². The maximum absolute atomic E-state index is 11.5. The highest BCUT2D eigenvalue weighted by atomic mass is 79.9. The standard InChI is InChI=1S/C10H19BrO2/c1-9(2,3)7(11)8(12)13-10(4,5)6/h7H,1-6H3. The molecule has 1 atom stereocenters. The highest BCUT2D eigenvalue weighted by Gasteiger charge is 2.32. The molecule has 78 valence electrons. The molecule has 2 nitrogen and oxygen atoms in total. The van der Waals surface area contributed by atoms with Crippen LogP contribution in [0.2, 0.25) is 0 Å². The van der Waals surface area contributed by atoms with E-state index in [0.29, 0.717) is 0 Å². The van der Waals surface area contributed by atoms with Crippen LogP contribution in [0.1, 0.15) is 41.5 Å². The molecular weight excluding hydrogens is 232 g/mol. The molecular formula is C10H19BrO2. The maximum Gasteiger partial charge on any atom is 0.320 e. The summed E-state index contributed by atoms with van der Waals surface area (Å²) < 4.78 is 5.24. The van der Waals surface area contributed by atoms with Crippen LogP contribution in [-0.4, -0.2) is 16.4 Å². The van der Waals surface area contributed by atoms with Gasteiger partial charge in [0.15, 0.2) is 0 Å². The third-order valence-corrected chi connectivity index (χ3v) is 3.12. The summed E-state index contributed by atoms with van der Waals surface area (Å²) in [5.41, 5.74) is -0.517. The third-order valence-electron chi connectivity index (χ3n) is 1.37. The van der Waals surface area contributed by atoms with E-state index in [0.717, 1.165) is 0 Å².